The van der Waals surface area contributed by atoms with E-state index >= 15 is 0 Å². The molecule has 1 saturated heterocycles. The number of benzene rings is 1. The van der Waals surface area contributed by atoms with Crippen LogP contribution in [0.2, 0.25) is 0 Å². The number of nitrogens with one attached hydrogen (secondary N) is 1. The predicted molar refractivity (Wildman–Crippen MR) is 66.0 cm³/mol. The van der Waals surface area contributed by atoms with E-state index in [0.717, 1.165) is 0 Å². The smallest absolute Gasteiger partial charge is 0.235 e. The van der Waals surface area contributed by atoms with Crippen LogP contribution in [0, 0.1) is 5.82 Å². The maximum atomic E-state index is 12.8. The molecule has 1 heterocycles. The lowest BCUT2D eigenvalue weighted by atomic mass is 10.2. The first-order valence-electron chi connectivity index (χ1n) is 5.51. The SMILES string of the molecule is O=C(CCl)N[C@@H]1CC(=O)N(c2ccc(F)cc2)C1. The normalized spacial score (nSPS) is 19.1. The summed E-state index contributed by atoms with van der Waals surface area (Å²) in [4.78, 5) is 24.5. The summed E-state index contributed by atoms with van der Waals surface area (Å²) < 4.78 is 12.8. The Labute approximate surface area is 109 Å². The van der Waals surface area contributed by atoms with Crippen molar-refractivity contribution in [2.24, 2.45) is 0 Å². The van der Waals surface area contributed by atoms with Crippen LogP contribution in [0.15, 0.2) is 24.3 Å². The van der Waals surface area contributed by atoms with E-state index in [4.69, 9.17) is 11.6 Å². The fourth-order valence-electron chi connectivity index (χ4n) is 1.94. The number of hydrogen-bond acceptors (Lipinski definition) is 2. The van der Waals surface area contributed by atoms with Gasteiger partial charge in [0.1, 0.15) is 11.7 Å². The molecule has 1 fully saturated rings. The van der Waals surface area contributed by atoms with Crippen LogP contribution in [-0.4, -0.2) is 30.3 Å². The van der Waals surface area contributed by atoms with Crippen LogP contribution in [0.5, 0.6) is 0 Å². The molecule has 2 rings (SSSR count). The van der Waals surface area contributed by atoms with Gasteiger partial charge >= 0.3 is 0 Å². The molecule has 0 aromatic heterocycles. The third kappa shape index (κ3) is 2.79. The second-order valence-corrected chi connectivity index (χ2v) is 4.35. The van der Waals surface area contributed by atoms with Crippen LogP contribution in [0.3, 0.4) is 0 Å². The number of carbonyl (C=O) groups excluding carboxylic acids is 2. The summed E-state index contributed by atoms with van der Waals surface area (Å²) in [7, 11) is 0. The van der Waals surface area contributed by atoms with Crippen LogP contribution >= 0.6 is 11.6 Å². The molecule has 4 nitrogen and oxygen atoms in total. The van der Waals surface area contributed by atoms with E-state index in [0.29, 0.717) is 12.2 Å². The molecule has 0 radical (unpaired) electrons. The Bertz CT molecular complexity index is 464. The molecule has 96 valence electrons. The highest BCUT2D eigenvalue weighted by Crippen LogP contribution is 2.21. The molecule has 1 atom stereocenters. The van der Waals surface area contributed by atoms with Gasteiger partial charge in [0.05, 0.1) is 6.04 Å². The highest BCUT2D eigenvalue weighted by molar-refractivity contribution is 6.27. The Kier molecular flexibility index (Phi) is 3.81. The molecule has 18 heavy (non-hydrogen) atoms. The van der Waals surface area contributed by atoms with Gasteiger partial charge in [-0.25, -0.2) is 4.39 Å². The monoisotopic (exact) mass is 270 g/mol. The zero-order valence-electron chi connectivity index (χ0n) is 9.53. The van der Waals surface area contributed by atoms with Gasteiger partial charge in [0, 0.05) is 18.7 Å². The number of halogens is 2. The Morgan fingerprint density at radius 1 is 1.44 bits per heavy atom. The second kappa shape index (κ2) is 5.35. The summed E-state index contributed by atoms with van der Waals surface area (Å²) in [6.45, 7) is 0.382. The third-order valence-electron chi connectivity index (χ3n) is 2.75. The molecule has 1 aromatic carbocycles. The van der Waals surface area contributed by atoms with Gasteiger partial charge in [-0.05, 0) is 24.3 Å². The number of hydrogen-bond donors (Lipinski definition) is 1. The second-order valence-electron chi connectivity index (χ2n) is 4.08. The van der Waals surface area contributed by atoms with Gasteiger partial charge in [0.2, 0.25) is 11.8 Å². The van der Waals surface area contributed by atoms with Crippen molar-refractivity contribution in [1.29, 1.82) is 0 Å². The van der Waals surface area contributed by atoms with Gasteiger partial charge in [-0.1, -0.05) is 0 Å². The van der Waals surface area contributed by atoms with Crippen LogP contribution in [0.1, 0.15) is 6.42 Å². The standard InChI is InChI=1S/C12H12ClFN2O2/c13-6-11(17)15-9-5-12(18)16(7-9)10-3-1-8(14)2-4-10/h1-4,9H,5-7H2,(H,15,17)/t9-/m1/s1. The molecule has 6 heteroatoms. The van der Waals surface area contributed by atoms with Crippen molar-refractivity contribution in [2.75, 3.05) is 17.3 Å². The molecule has 1 aliphatic rings. The van der Waals surface area contributed by atoms with E-state index in [1.54, 1.807) is 12.1 Å². The average molecular weight is 271 g/mol. The van der Waals surface area contributed by atoms with Crippen molar-refractivity contribution in [3.8, 4) is 0 Å². The van der Waals surface area contributed by atoms with E-state index in [-0.39, 0.29) is 36.0 Å². The van der Waals surface area contributed by atoms with Crippen molar-refractivity contribution in [1.82, 2.24) is 5.32 Å². The average Bonchev–Trinajstić information content (AvgIpc) is 2.71. The van der Waals surface area contributed by atoms with Gasteiger partial charge in [-0.2, -0.15) is 0 Å². The molecule has 0 aliphatic carbocycles. The first-order chi connectivity index (χ1) is 8.60. The van der Waals surface area contributed by atoms with E-state index in [9.17, 15) is 14.0 Å². The number of alkyl halides is 1. The van der Waals surface area contributed by atoms with Crippen molar-refractivity contribution in [3.05, 3.63) is 30.1 Å². The number of nitrogens with zero attached hydrogens (tertiary/aromatic N) is 1. The van der Waals surface area contributed by atoms with Crippen molar-refractivity contribution < 1.29 is 14.0 Å². The minimum Gasteiger partial charge on any atom is -0.350 e. The predicted octanol–water partition coefficient (Wildman–Crippen LogP) is 1.29. The Balaban J connectivity index is 2.05. The molecule has 1 N–H and O–H groups in total. The van der Waals surface area contributed by atoms with Crippen molar-refractivity contribution >= 4 is 29.1 Å². The molecule has 0 unspecified atom stereocenters. The van der Waals surface area contributed by atoms with Crippen LogP contribution in [0.25, 0.3) is 0 Å². The number of anilines is 1. The highest BCUT2D eigenvalue weighted by Gasteiger charge is 2.31. The lowest BCUT2D eigenvalue weighted by Crippen LogP contribution is -2.37. The maximum Gasteiger partial charge on any atom is 0.235 e. The van der Waals surface area contributed by atoms with Crippen molar-refractivity contribution in [3.63, 3.8) is 0 Å². The minimum absolute atomic E-state index is 0.0959. The zero-order valence-corrected chi connectivity index (χ0v) is 10.3. The van der Waals surface area contributed by atoms with E-state index in [2.05, 4.69) is 5.32 Å². The van der Waals surface area contributed by atoms with Gasteiger partial charge in [-0.3, -0.25) is 9.59 Å². The molecule has 0 bridgehead atoms. The number of carbonyl (C=O) groups is 2. The van der Waals surface area contributed by atoms with Gasteiger partial charge in [0.25, 0.3) is 0 Å². The summed E-state index contributed by atoms with van der Waals surface area (Å²) in [5.41, 5.74) is 0.629. The topological polar surface area (TPSA) is 49.4 Å². The fourth-order valence-corrected chi connectivity index (χ4v) is 2.02. The quantitative estimate of drug-likeness (QED) is 0.842. The Hall–Kier alpha value is -1.62. The summed E-state index contributed by atoms with van der Waals surface area (Å²) >= 11 is 5.39. The first kappa shape index (κ1) is 12.8. The third-order valence-corrected chi connectivity index (χ3v) is 2.99. The first-order valence-corrected chi connectivity index (χ1v) is 6.05. The van der Waals surface area contributed by atoms with Crippen LogP contribution < -0.4 is 10.2 Å². The molecular weight excluding hydrogens is 259 g/mol. The summed E-state index contributed by atoms with van der Waals surface area (Å²) in [6.07, 6.45) is 0.236. The molecule has 0 saturated carbocycles. The van der Waals surface area contributed by atoms with Gasteiger partial charge in [0.15, 0.2) is 0 Å². The van der Waals surface area contributed by atoms with E-state index in [1.807, 2.05) is 0 Å². The molecular formula is C12H12ClFN2O2. The van der Waals surface area contributed by atoms with Crippen molar-refractivity contribution in [2.45, 2.75) is 12.5 Å². The molecule has 1 aliphatic heterocycles. The van der Waals surface area contributed by atoms with E-state index in [1.165, 1.54) is 17.0 Å². The molecule has 0 spiro atoms. The molecule has 1 aromatic rings. The Morgan fingerprint density at radius 3 is 2.72 bits per heavy atom. The lowest BCUT2D eigenvalue weighted by Gasteiger charge is -2.16. The fraction of sp³-hybridized carbons (Fsp3) is 0.333. The Morgan fingerprint density at radius 2 is 2.11 bits per heavy atom. The van der Waals surface area contributed by atoms with E-state index < -0.39 is 0 Å². The van der Waals surface area contributed by atoms with Gasteiger partial charge in [-0.15, -0.1) is 11.6 Å². The largest absolute Gasteiger partial charge is 0.350 e. The maximum absolute atomic E-state index is 12.8. The summed E-state index contributed by atoms with van der Waals surface area (Å²) in [5.74, 6) is -0.865. The number of rotatable bonds is 3. The summed E-state index contributed by atoms with van der Waals surface area (Å²) in [5, 5.41) is 2.66. The highest BCUT2D eigenvalue weighted by atomic mass is 35.5. The lowest BCUT2D eigenvalue weighted by molar-refractivity contribution is -0.119. The van der Waals surface area contributed by atoms with Crippen LogP contribution in [-0.2, 0) is 9.59 Å². The van der Waals surface area contributed by atoms with Crippen LogP contribution in [0.4, 0.5) is 10.1 Å². The van der Waals surface area contributed by atoms with Gasteiger partial charge < -0.3 is 10.2 Å². The summed E-state index contributed by atoms with van der Waals surface area (Å²) in [6, 6.07) is 5.44. The molecule has 2 amide bonds. The number of amides is 2. The zero-order chi connectivity index (χ0) is 13.1. The minimum atomic E-state index is -0.350.